The molecule has 0 radical (unpaired) electrons. The second-order valence-corrected chi connectivity index (χ2v) is 21.4. The Bertz CT molecular complexity index is 1100. The van der Waals surface area contributed by atoms with E-state index in [2.05, 4.69) is 26.0 Å². The van der Waals surface area contributed by atoms with Crippen molar-refractivity contribution in [1.82, 2.24) is 0 Å². The second-order valence-electron chi connectivity index (χ2n) is 20.0. The van der Waals surface area contributed by atoms with Gasteiger partial charge in [0.1, 0.15) is 19.8 Å². The van der Waals surface area contributed by atoms with E-state index in [9.17, 15) is 19.0 Å². The molecule has 0 bridgehead atoms. The summed E-state index contributed by atoms with van der Waals surface area (Å²) in [6.45, 7) is 4.47. The van der Waals surface area contributed by atoms with Crippen molar-refractivity contribution in [2.45, 2.75) is 277 Å². The van der Waals surface area contributed by atoms with Crippen LogP contribution < -0.4 is 0 Å². The van der Waals surface area contributed by atoms with E-state index in [1.165, 1.54) is 205 Å². The standard InChI is InChI=1S/C54H106NO8P/c1-6-8-10-12-14-16-18-20-22-24-25-26-27-28-29-31-33-35-37-39-41-43-45-47-54(57)63-52(51-62-64(58,59)61-49-48-55(3,4)5)50-60-53(56)46-44-42-40-38-36-34-32-30-23-21-19-17-15-13-11-9-7-2/h17,19,52H,6-16,18,20-51H2,1-5H3/p+1/b19-17+/t52-/m1/s1. The number of nitrogens with zero attached hydrogens (tertiary/aromatic N) is 1. The molecule has 0 aromatic carbocycles. The number of hydrogen-bond donors (Lipinski definition) is 1. The first-order valence-electron chi connectivity index (χ1n) is 27.4. The predicted molar refractivity (Wildman–Crippen MR) is 271 cm³/mol. The first-order valence-corrected chi connectivity index (χ1v) is 28.9. The molecule has 1 unspecified atom stereocenters. The summed E-state index contributed by atoms with van der Waals surface area (Å²) in [4.78, 5) is 35.6. The summed E-state index contributed by atoms with van der Waals surface area (Å²) in [5, 5.41) is 0. The van der Waals surface area contributed by atoms with E-state index in [1.54, 1.807) is 0 Å². The topological polar surface area (TPSA) is 108 Å². The van der Waals surface area contributed by atoms with Gasteiger partial charge in [-0.05, 0) is 38.5 Å². The Morgan fingerprint density at radius 2 is 0.797 bits per heavy atom. The van der Waals surface area contributed by atoms with Crippen LogP contribution in [0.15, 0.2) is 12.2 Å². The molecule has 0 aromatic heterocycles. The zero-order valence-electron chi connectivity index (χ0n) is 43.0. The number of unbranched alkanes of at least 4 members (excludes halogenated alkanes) is 35. The molecule has 2 atom stereocenters. The Morgan fingerprint density at radius 3 is 1.17 bits per heavy atom. The average molecular weight is 929 g/mol. The maximum Gasteiger partial charge on any atom is 0.472 e. The number of carbonyl (C=O) groups excluding carboxylic acids is 2. The number of phosphoric acid groups is 1. The Morgan fingerprint density at radius 1 is 0.469 bits per heavy atom. The summed E-state index contributed by atoms with van der Waals surface area (Å²) in [6.07, 6.45) is 52.7. The van der Waals surface area contributed by atoms with Crippen LogP contribution in [0.1, 0.15) is 271 Å². The zero-order valence-corrected chi connectivity index (χ0v) is 43.9. The number of carbonyl (C=O) groups is 2. The predicted octanol–water partition coefficient (Wildman–Crippen LogP) is 16.5. The number of esters is 2. The number of likely N-dealkylation sites (N-methyl/N-ethyl adjacent to an activating group) is 1. The number of phosphoric ester groups is 1. The third-order valence-electron chi connectivity index (χ3n) is 12.3. The van der Waals surface area contributed by atoms with E-state index < -0.39 is 26.5 Å². The van der Waals surface area contributed by atoms with Gasteiger partial charge in [0.25, 0.3) is 0 Å². The lowest BCUT2D eigenvalue weighted by atomic mass is 10.0. The molecule has 0 fully saturated rings. The fourth-order valence-electron chi connectivity index (χ4n) is 8.01. The number of ether oxygens (including phenoxy) is 2. The van der Waals surface area contributed by atoms with Gasteiger partial charge in [0.05, 0.1) is 27.7 Å². The van der Waals surface area contributed by atoms with Gasteiger partial charge in [-0.2, -0.15) is 0 Å². The molecule has 0 aliphatic rings. The molecule has 0 heterocycles. The van der Waals surface area contributed by atoms with Crippen molar-refractivity contribution in [2.75, 3.05) is 47.5 Å². The highest BCUT2D eigenvalue weighted by Gasteiger charge is 2.27. The first-order chi connectivity index (χ1) is 31.0. The minimum Gasteiger partial charge on any atom is -0.462 e. The van der Waals surface area contributed by atoms with E-state index >= 15 is 0 Å². The molecule has 0 rings (SSSR count). The molecule has 0 spiro atoms. The summed E-state index contributed by atoms with van der Waals surface area (Å²) in [6, 6.07) is 0. The van der Waals surface area contributed by atoms with Crippen LogP contribution in [0.3, 0.4) is 0 Å². The molecule has 1 N–H and O–H groups in total. The van der Waals surface area contributed by atoms with Gasteiger partial charge in [0, 0.05) is 12.8 Å². The van der Waals surface area contributed by atoms with E-state index in [-0.39, 0.29) is 25.6 Å². The highest BCUT2D eigenvalue weighted by molar-refractivity contribution is 7.47. The number of allylic oxidation sites excluding steroid dienone is 2. The maximum atomic E-state index is 12.8. The third kappa shape index (κ3) is 50.2. The van der Waals surface area contributed by atoms with Gasteiger partial charge in [0.15, 0.2) is 6.10 Å². The van der Waals surface area contributed by atoms with Crippen molar-refractivity contribution < 1.29 is 42.1 Å². The van der Waals surface area contributed by atoms with E-state index in [1.807, 2.05) is 21.1 Å². The molecule has 9 nitrogen and oxygen atoms in total. The van der Waals surface area contributed by atoms with Crippen LogP contribution in [0.5, 0.6) is 0 Å². The average Bonchev–Trinajstić information content (AvgIpc) is 3.25. The molecule has 0 aliphatic carbocycles. The molecule has 380 valence electrons. The molecule has 0 aromatic rings. The lowest BCUT2D eigenvalue weighted by molar-refractivity contribution is -0.870. The van der Waals surface area contributed by atoms with Gasteiger partial charge in [-0.3, -0.25) is 18.6 Å². The summed E-state index contributed by atoms with van der Waals surface area (Å²) >= 11 is 0. The Hall–Kier alpha value is -1.25. The fourth-order valence-corrected chi connectivity index (χ4v) is 8.75. The first kappa shape index (κ1) is 62.8. The minimum atomic E-state index is -4.38. The molecule has 0 saturated heterocycles. The van der Waals surface area contributed by atoms with Crippen molar-refractivity contribution in [2.24, 2.45) is 0 Å². The number of rotatable bonds is 51. The quantitative estimate of drug-likeness (QED) is 0.0211. The summed E-state index contributed by atoms with van der Waals surface area (Å²) < 4.78 is 34.5. The van der Waals surface area contributed by atoms with Gasteiger partial charge in [0.2, 0.25) is 0 Å². The largest absolute Gasteiger partial charge is 0.472 e. The Balaban J connectivity index is 4.15. The molecular formula is C54H107NO8P+. The SMILES string of the molecule is CCCCCC/C=C/CCCCCCCCCCCC(=O)OC[C@H](COP(=O)(O)OCC[N+](C)(C)C)OC(=O)CCCCCCCCCCCCCCCCCCCCCCCCC. The van der Waals surface area contributed by atoms with E-state index in [0.29, 0.717) is 17.4 Å². The summed E-state index contributed by atoms with van der Waals surface area (Å²) in [5.74, 6) is -0.783. The van der Waals surface area contributed by atoms with Crippen LogP contribution in [0.25, 0.3) is 0 Å². The van der Waals surface area contributed by atoms with Crippen molar-refractivity contribution in [3.63, 3.8) is 0 Å². The highest BCUT2D eigenvalue weighted by atomic mass is 31.2. The minimum absolute atomic E-state index is 0.0351. The summed E-state index contributed by atoms with van der Waals surface area (Å²) in [5.41, 5.74) is 0. The molecule has 0 saturated carbocycles. The number of quaternary nitrogens is 1. The van der Waals surface area contributed by atoms with E-state index in [0.717, 1.165) is 38.5 Å². The van der Waals surface area contributed by atoms with Gasteiger partial charge < -0.3 is 18.9 Å². The lowest BCUT2D eigenvalue weighted by Crippen LogP contribution is -2.37. The Labute approximate surface area is 396 Å². The number of hydrogen-bond acceptors (Lipinski definition) is 7. The monoisotopic (exact) mass is 929 g/mol. The molecule has 64 heavy (non-hydrogen) atoms. The smallest absolute Gasteiger partial charge is 0.462 e. The second kappa shape index (κ2) is 46.8. The van der Waals surface area contributed by atoms with Crippen molar-refractivity contribution >= 4 is 19.8 Å². The van der Waals surface area contributed by atoms with Crippen LogP contribution in [0, 0.1) is 0 Å². The van der Waals surface area contributed by atoms with E-state index in [4.69, 9.17) is 18.5 Å². The van der Waals surface area contributed by atoms with Gasteiger partial charge in [-0.1, -0.05) is 231 Å². The maximum absolute atomic E-state index is 12.8. The molecule has 0 amide bonds. The highest BCUT2D eigenvalue weighted by Crippen LogP contribution is 2.43. The normalized spacial score (nSPS) is 13.4. The lowest BCUT2D eigenvalue weighted by Gasteiger charge is -2.24. The zero-order chi connectivity index (χ0) is 47.1. The third-order valence-corrected chi connectivity index (χ3v) is 13.3. The van der Waals surface area contributed by atoms with Crippen LogP contribution in [0.2, 0.25) is 0 Å². The van der Waals surface area contributed by atoms with Crippen LogP contribution in [-0.2, 0) is 32.7 Å². The molecule has 0 aliphatic heterocycles. The molecule has 10 heteroatoms. The van der Waals surface area contributed by atoms with Crippen LogP contribution >= 0.6 is 7.82 Å². The van der Waals surface area contributed by atoms with Crippen molar-refractivity contribution in [3.05, 3.63) is 12.2 Å². The van der Waals surface area contributed by atoms with Gasteiger partial charge in [-0.25, -0.2) is 4.57 Å². The fraction of sp³-hybridized carbons (Fsp3) is 0.926. The van der Waals surface area contributed by atoms with Crippen LogP contribution in [0.4, 0.5) is 0 Å². The molecular weight excluding hydrogens is 822 g/mol. The van der Waals surface area contributed by atoms with Crippen molar-refractivity contribution in [3.8, 4) is 0 Å². The van der Waals surface area contributed by atoms with Crippen LogP contribution in [-0.4, -0.2) is 74.9 Å². The Kier molecular flexibility index (Phi) is 45.9. The van der Waals surface area contributed by atoms with Gasteiger partial charge >= 0.3 is 19.8 Å². The van der Waals surface area contributed by atoms with Crippen molar-refractivity contribution in [1.29, 1.82) is 0 Å². The van der Waals surface area contributed by atoms with Gasteiger partial charge in [-0.15, -0.1) is 0 Å². The summed E-state index contributed by atoms with van der Waals surface area (Å²) in [7, 11) is 1.49.